The number of carboxylic acids is 1. The van der Waals surface area contributed by atoms with Crippen LogP contribution in [-0.2, 0) is 9.59 Å². The van der Waals surface area contributed by atoms with Gasteiger partial charge in [0, 0.05) is 17.1 Å². The summed E-state index contributed by atoms with van der Waals surface area (Å²) in [5.41, 5.74) is 1.68. The molecular weight excluding hydrogens is 314 g/mol. The van der Waals surface area contributed by atoms with Crippen LogP contribution >= 0.6 is 15.9 Å². The van der Waals surface area contributed by atoms with Crippen LogP contribution in [0.2, 0.25) is 0 Å². The van der Waals surface area contributed by atoms with E-state index in [0.717, 1.165) is 16.1 Å². The number of fused-ring (bicyclic) bond motifs is 1. The number of ketones is 1. The van der Waals surface area contributed by atoms with E-state index < -0.39 is 17.7 Å². The molecule has 98 valence electrons. The number of carboxylic acid groups (broad SMARTS) is 1. The number of Topliss-reactive ketones (excluding diaryl/α,β-unsaturated/α-hetero) is 1. The van der Waals surface area contributed by atoms with Crippen molar-refractivity contribution in [3.8, 4) is 0 Å². The van der Waals surface area contributed by atoms with Gasteiger partial charge in [0.25, 0.3) is 11.7 Å². The highest BCUT2D eigenvalue weighted by Gasteiger charge is 2.36. The number of nitrogens with zero attached hydrogens (tertiary/aromatic N) is 1. The zero-order chi connectivity index (χ0) is 14.2. The third-order valence-corrected chi connectivity index (χ3v) is 3.23. The first kappa shape index (κ1) is 13.5. The lowest BCUT2D eigenvalue weighted by molar-refractivity contribution is -0.131. The van der Waals surface area contributed by atoms with Crippen molar-refractivity contribution in [1.29, 1.82) is 0 Å². The Morgan fingerprint density at radius 1 is 1.42 bits per heavy atom. The van der Waals surface area contributed by atoms with Crippen LogP contribution in [0.5, 0.6) is 0 Å². The molecule has 1 heterocycles. The molecule has 0 saturated heterocycles. The molecule has 0 spiro atoms. The fourth-order valence-electron chi connectivity index (χ4n) is 2.04. The maximum absolute atomic E-state index is 11.9. The molecule has 1 aliphatic rings. The average Bonchev–Trinajstić information content (AvgIpc) is 2.54. The highest BCUT2D eigenvalue weighted by atomic mass is 79.9. The number of anilines is 1. The van der Waals surface area contributed by atoms with Crippen LogP contribution in [0.25, 0.3) is 0 Å². The van der Waals surface area contributed by atoms with Crippen molar-refractivity contribution < 1.29 is 19.5 Å². The molecule has 2 rings (SSSR count). The number of hydrogen-bond donors (Lipinski definition) is 1. The van der Waals surface area contributed by atoms with Crippen LogP contribution in [-0.4, -0.2) is 29.3 Å². The summed E-state index contributed by atoms with van der Waals surface area (Å²) >= 11 is 3.28. The molecule has 0 aromatic heterocycles. The predicted octanol–water partition coefficient (Wildman–Crippen LogP) is 1.93. The first-order valence-corrected chi connectivity index (χ1v) is 6.27. The van der Waals surface area contributed by atoms with E-state index in [1.54, 1.807) is 19.1 Å². The van der Waals surface area contributed by atoms with Gasteiger partial charge in [0.2, 0.25) is 0 Å². The summed E-state index contributed by atoms with van der Waals surface area (Å²) in [4.78, 5) is 35.4. The van der Waals surface area contributed by atoms with Crippen molar-refractivity contribution in [2.45, 2.75) is 6.92 Å². The Morgan fingerprint density at radius 3 is 2.74 bits per heavy atom. The van der Waals surface area contributed by atoms with Crippen molar-refractivity contribution >= 4 is 39.3 Å². The van der Waals surface area contributed by atoms with Crippen LogP contribution in [0.1, 0.15) is 15.9 Å². The minimum absolute atomic E-state index is 0.0619. The van der Waals surface area contributed by atoms with Crippen LogP contribution in [0.15, 0.2) is 28.8 Å². The number of aryl methyl sites for hydroxylation is 1. The Bertz CT molecular complexity index is 621. The van der Waals surface area contributed by atoms with Crippen molar-refractivity contribution in [1.82, 2.24) is 0 Å². The van der Waals surface area contributed by atoms with Gasteiger partial charge in [-0.15, -0.1) is 0 Å². The van der Waals surface area contributed by atoms with Crippen LogP contribution in [0.3, 0.4) is 0 Å². The normalized spacial score (nSPS) is 14.3. The van der Waals surface area contributed by atoms with Crippen molar-refractivity contribution in [2.24, 2.45) is 0 Å². The van der Waals surface area contributed by atoms with Gasteiger partial charge in [0.15, 0.2) is 0 Å². The van der Waals surface area contributed by atoms with Gasteiger partial charge < -0.3 is 10.0 Å². The Hall–Kier alpha value is -1.95. The quantitative estimate of drug-likeness (QED) is 0.681. The van der Waals surface area contributed by atoms with Gasteiger partial charge in [-0.25, -0.2) is 4.79 Å². The standard InChI is InChI=1S/C13H10BrNO4/c1-7-5-8(14)6-9-11(7)15(13(19)12(9)18)4-2-3-10(16)17/h2-3,5-6H,4H2,1H3,(H,16,17). The molecule has 0 bridgehead atoms. The number of halogens is 1. The fourth-order valence-corrected chi connectivity index (χ4v) is 2.61. The number of rotatable bonds is 3. The van der Waals surface area contributed by atoms with Crippen molar-refractivity contribution in [3.63, 3.8) is 0 Å². The lowest BCUT2D eigenvalue weighted by Crippen LogP contribution is -2.30. The van der Waals surface area contributed by atoms with Crippen LogP contribution in [0.4, 0.5) is 5.69 Å². The summed E-state index contributed by atoms with van der Waals surface area (Å²) in [5, 5.41) is 8.53. The minimum Gasteiger partial charge on any atom is -0.478 e. The number of benzene rings is 1. The number of hydrogen-bond acceptors (Lipinski definition) is 3. The fraction of sp³-hybridized carbons (Fsp3) is 0.154. The van der Waals surface area contributed by atoms with Crippen molar-refractivity contribution in [2.75, 3.05) is 11.4 Å². The van der Waals surface area contributed by atoms with Gasteiger partial charge in [-0.2, -0.15) is 0 Å². The van der Waals surface area contributed by atoms with E-state index in [-0.39, 0.29) is 6.54 Å². The smallest absolute Gasteiger partial charge is 0.328 e. The van der Waals surface area contributed by atoms with E-state index in [0.29, 0.717) is 11.3 Å². The lowest BCUT2D eigenvalue weighted by atomic mass is 10.1. The lowest BCUT2D eigenvalue weighted by Gasteiger charge is -2.16. The predicted molar refractivity (Wildman–Crippen MR) is 72.3 cm³/mol. The molecule has 1 N–H and O–H groups in total. The molecule has 0 saturated carbocycles. The van der Waals surface area contributed by atoms with E-state index in [4.69, 9.17) is 5.11 Å². The molecule has 1 aliphatic heterocycles. The summed E-state index contributed by atoms with van der Waals surface area (Å²) in [6, 6.07) is 3.40. The Balaban J connectivity index is 2.41. The second-order valence-corrected chi connectivity index (χ2v) is 5.02. The number of carbonyl (C=O) groups is 3. The molecule has 5 nitrogen and oxygen atoms in total. The second-order valence-electron chi connectivity index (χ2n) is 4.10. The molecule has 1 aromatic rings. The molecule has 19 heavy (non-hydrogen) atoms. The van der Waals surface area contributed by atoms with Crippen LogP contribution < -0.4 is 4.90 Å². The summed E-state index contributed by atoms with van der Waals surface area (Å²) in [5.74, 6) is -2.29. The summed E-state index contributed by atoms with van der Waals surface area (Å²) < 4.78 is 0.729. The van der Waals surface area contributed by atoms with E-state index in [9.17, 15) is 14.4 Å². The zero-order valence-corrected chi connectivity index (χ0v) is 11.6. The Morgan fingerprint density at radius 2 is 2.11 bits per heavy atom. The van der Waals surface area contributed by atoms with E-state index in [1.807, 2.05) is 0 Å². The van der Waals surface area contributed by atoms with E-state index >= 15 is 0 Å². The zero-order valence-electron chi connectivity index (χ0n) is 10.0. The molecule has 0 unspecified atom stereocenters. The average molecular weight is 324 g/mol. The third kappa shape index (κ3) is 2.44. The molecule has 6 heteroatoms. The molecule has 1 aromatic carbocycles. The van der Waals surface area contributed by atoms with Gasteiger partial charge in [-0.05, 0) is 24.6 Å². The van der Waals surface area contributed by atoms with Gasteiger partial charge in [-0.3, -0.25) is 9.59 Å². The maximum Gasteiger partial charge on any atom is 0.328 e. The SMILES string of the molecule is Cc1cc(Br)cc2c1N(CC=CC(=O)O)C(=O)C2=O. The molecule has 0 radical (unpaired) electrons. The Labute approximate surface area is 117 Å². The Kier molecular flexibility index (Phi) is 3.53. The largest absolute Gasteiger partial charge is 0.478 e. The number of amides is 1. The van der Waals surface area contributed by atoms with Crippen LogP contribution in [0, 0.1) is 6.92 Å². The maximum atomic E-state index is 11.9. The minimum atomic E-state index is -1.09. The first-order valence-electron chi connectivity index (χ1n) is 5.47. The number of aliphatic carboxylic acids is 1. The van der Waals surface area contributed by atoms with Gasteiger partial charge in [-0.1, -0.05) is 22.0 Å². The number of carbonyl (C=O) groups excluding carboxylic acids is 2. The topological polar surface area (TPSA) is 74.7 Å². The van der Waals surface area contributed by atoms with Gasteiger partial charge in [0.05, 0.1) is 11.3 Å². The molecule has 0 aliphatic carbocycles. The van der Waals surface area contributed by atoms with Crippen molar-refractivity contribution in [3.05, 3.63) is 39.9 Å². The molecular formula is C13H10BrNO4. The molecule has 0 fully saturated rings. The molecule has 1 amide bonds. The van der Waals surface area contributed by atoms with Gasteiger partial charge in [0.1, 0.15) is 0 Å². The summed E-state index contributed by atoms with van der Waals surface area (Å²) in [6.07, 6.45) is 2.29. The monoisotopic (exact) mass is 323 g/mol. The van der Waals surface area contributed by atoms with E-state index in [1.165, 1.54) is 11.0 Å². The highest BCUT2D eigenvalue weighted by Crippen LogP contribution is 2.34. The summed E-state index contributed by atoms with van der Waals surface area (Å²) in [7, 11) is 0. The summed E-state index contributed by atoms with van der Waals surface area (Å²) in [6.45, 7) is 1.86. The third-order valence-electron chi connectivity index (χ3n) is 2.77. The first-order chi connectivity index (χ1) is 8.91. The van der Waals surface area contributed by atoms with Gasteiger partial charge >= 0.3 is 5.97 Å². The molecule has 0 atom stereocenters. The highest BCUT2D eigenvalue weighted by molar-refractivity contribution is 9.10. The van der Waals surface area contributed by atoms with E-state index in [2.05, 4.69) is 15.9 Å². The second kappa shape index (κ2) is 4.97.